The molecule has 2 aromatic carbocycles. The molecule has 7 heteroatoms. The van der Waals surface area contributed by atoms with Crippen molar-refractivity contribution < 1.29 is 18.3 Å². The maximum atomic E-state index is 13.2. The van der Waals surface area contributed by atoms with E-state index in [1.165, 1.54) is 22.3 Å². The van der Waals surface area contributed by atoms with E-state index in [0.29, 0.717) is 18.3 Å². The fraction of sp³-hybridized carbons (Fsp3) is 0.176. The van der Waals surface area contributed by atoms with Crippen molar-refractivity contribution in [2.45, 2.75) is 6.10 Å². The molecule has 4 nitrogen and oxygen atoms in total. The summed E-state index contributed by atoms with van der Waals surface area (Å²) in [6.45, 7) is 0.793. The molecule has 2 heterocycles. The molecule has 0 unspecified atom stereocenters. The molecule has 1 fully saturated rings. The van der Waals surface area contributed by atoms with Crippen LogP contribution >= 0.6 is 11.3 Å². The van der Waals surface area contributed by atoms with Gasteiger partial charge in [-0.2, -0.15) is 0 Å². The van der Waals surface area contributed by atoms with Gasteiger partial charge in [-0.25, -0.2) is 13.8 Å². The van der Waals surface area contributed by atoms with E-state index in [-0.39, 0.29) is 17.6 Å². The van der Waals surface area contributed by atoms with Crippen molar-refractivity contribution in [3.05, 3.63) is 59.7 Å². The molecular formula is C17H12F2N2O2S. The molecule has 3 aromatic rings. The zero-order valence-corrected chi connectivity index (χ0v) is 13.2. The van der Waals surface area contributed by atoms with Crippen molar-refractivity contribution in [3.8, 4) is 5.19 Å². The first-order valence-electron chi connectivity index (χ1n) is 7.37. The van der Waals surface area contributed by atoms with Crippen LogP contribution in [0.2, 0.25) is 0 Å². The molecule has 0 N–H and O–H groups in total. The number of rotatable bonds is 3. The maximum absolute atomic E-state index is 13.2. The molecule has 1 aliphatic heterocycles. The lowest BCUT2D eigenvalue weighted by Gasteiger charge is -2.38. The summed E-state index contributed by atoms with van der Waals surface area (Å²) >= 11 is 1.46. The molecule has 122 valence electrons. The zero-order valence-electron chi connectivity index (χ0n) is 12.4. The van der Waals surface area contributed by atoms with Gasteiger partial charge in [0.15, 0.2) is 11.6 Å². The second-order valence-electron chi connectivity index (χ2n) is 5.53. The summed E-state index contributed by atoms with van der Waals surface area (Å²) in [5.74, 6) is -2.33. The molecule has 1 aromatic heterocycles. The molecule has 0 radical (unpaired) electrons. The lowest BCUT2D eigenvalue weighted by Crippen LogP contribution is -2.56. The third-order valence-corrected chi connectivity index (χ3v) is 4.77. The highest BCUT2D eigenvalue weighted by Crippen LogP contribution is 2.29. The predicted octanol–water partition coefficient (Wildman–Crippen LogP) is 3.48. The Morgan fingerprint density at radius 1 is 1.17 bits per heavy atom. The average molecular weight is 346 g/mol. The third-order valence-electron chi connectivity index (χ3n) is 3.84. The highest BCUT2D eigenvalue weighted by molar-refractivity contribution is 7.20. The van der Waals surface area contributed by atoms with Gasteiger partial charge in [0.25, 0.3) is 11.1 Å². The number of amides is 1. The number of benzene rings is 2. The Kier molecular flexibility index (Phi) is 3.65. The topological polar surface area (TPSA) is 42.4 Å². The number of para-hydroxylation sites is 1. The van der Waals surface area contributed by atoms with Gasteiger partial charge in [-0.05, 0) is 30.3 Å². The minimum atomic E-state index is -1.02. The molecular weight excluding hydrogens is 334 g/mol. The Hall–Kier alpha value is -2.54. The summed E-state index contributed by atoms with van der Waals surface area (Å²) in [7, 11) is 0. The van der Waals surface area contributed by atoms with Gasteiger partial charge < -0.3 is 9.64 Å². The second-order valence-corrected chi connectivity index (χ2v) is 6.52. The number of carbonyl (C=O) groups is 1. The lowest BCUT2D eigenvalue weighted by atomic mass is 10.1. The smallest absolute Gasteiger partial charge is 0.274 e. The Morgan fingerprint density at radius 2 is 1.96 bits per heavy atom. The molecule has 0 spiro atoms. The summed E-state index contributed by atoms with van der Waals surface area (Å²) in [6.07, 6.45) is -0.139. The van der Waals surface area contributed by atoms with E-state index in [1.54, 1.807) is 0 Å². The van der Waals surface area contributed by atoms with Gasteiger partial charge in [-0.3, -0.25) is 4.79 Å². The van der Waals surface area contributed by atoms with Crippen LogP contribution in [0.5, 0.6) is 5.19 Å². The normalized spacial score (nSPS) is 14.7. The molecule has 4 rings (SSSR count). The van der Waals surface area contributed by atoms with E-state index in [1.807, 2.05) is 24.3 Å². The first kappa shape index (κ1) is 15.0. The Morgan fingerprint density at radius 3 is 2.71 bits per heavy atom. The summed E-state index contributed by atoms with van der Waals surface area (Å²) < 4.78 is 33.0. The van der Waals surface area contributed by atoms with Gasteiger partial charge in [0.1, 0.15) is 6.10 Å². The van der Waals surface area contributed by atoms with Crippen molar-refractivity contribution in [2.75, 3.05) is 13.1 Å². The highest BCUT2D eigenvalue weighted by atomic mass is 32.1. The summed E-state index contributed by atoms with van der Waals surface area (Å²) in [4.78, 5) is 18.1. The molecule has 0 atom stereocenters. The van der Waals surface area contributed by atoms with Crippen LogP contribution in [-0.2, 0) is 0 Å². The Bertz CT molecular complexity index is 889. The van der Waals surface area contributed by atoms with Crippen LogP contribution in [0.3, 0.4) is 0 Å². The number of fused-ring (bicyclic) bond motifs is 1. The van der Waals surface area contributed by atoms with E-state index < -0.39 is 11.6 Å². The van der Waals surface area contributed by atoms with Crippen LogP contribution in [0.1, 0.15) is 10.4 Å². The number of thiazole rings is 1. The standard InChI is InChI=1S/C17H12F2N2O2S/c18-12-6-5-10(7-13(12)19)16(22)21-8-11(9-21)23-17-20-14-3-1-2-4-15(14)24-17/h1-7,11H,8-9H2. The van der Waals surface area contributed by atoms with Gasteiger partial charge in [-0.1, -0.05) is 23.5 Å². The van der Waals surface area contributed by atoms with Gasteiger partial charge in [0.2, 0.25) is 0 Å². The van der Waals surface area contributed by atoms with E-state index in [2.05, 4.69) is 4.98 Å². The average Bonchev–Trinajstić information content (AvgIpc) is 2.95. The fourth-order valence-corrected chi connectivity index (χ4v) is 3.42. The molecule has 1 aliphatic rings. The number of ether oxygens (including phenoxy) is 1. The van der Waals surface area contributed by atoms with Gasteiger partial charge >= 0.3 is 0 Å². The second kappa shape index (κ2) is 5.83. The van der Waals surface area contributed by atoms with Gasteiger partial charge in [0.05, 0.1) is 23.3 Å². The van der Waals surface area contributed by atoms with E-state index in [4.69, 9.17) is 4.74 Å². The van der Waals surface area contributed by atoms with E-state index in [9.17, 15) is 13.6 Å². The van der Waals surface area contributed by atoms with Crippen molar-refractivity contribution in [3.63, 3.8) is 0 Å². The van der Waals surface area contributed by atoms with Crippen molar-refractivity contribution in [2.24, 2.45) is 0 Å². The largest absolute Gasteiger partial charge is 0.463 e. The minimum absolute atomic E-state index is 0.132. The number of hydrogen-bond donors (Lipinski definition) is 0. The first-order chi connectivity index (χ1) is 11.6. The maximum Gasteiger partial charge on any atom is 0.274 e. The molecule has 1 saturated heterocycles. The van der Waals surface area contributed by atoms with Crippen LogP contribution in [0, 0.1) is 11.6 Å². The fourth-order valence-electron chi connectivity index (χ4n) is 2.53. The molecule has 0 aliphatic carbocycles. The minimum Gasteiger partial charge on any atom is -0.463 e. The summed E-state index contributed by atoms with van der Waals surface area (Å²) in [5.41, 5.74) is 1.01. The van der Waals surface area contributed by atoms with Crippen LogP contribution in [0.15, 0.2) is 42.5 Å². The number of likely N-dealkylation sites (tertiary alicyclic amines) is 1. The zero-order chi connectivity index (χ0) is 16.7. The number of aromatic nitrogens is 1. The molecule has 0 saturated carbocycles. The summed E-state index contributed by atoms with van der Waals surface area (Å²) in [5, 5.41) is 0.570. The van der Waals surface area contributed by atoms with Crippen LogP contribution in [0.4, 0.5) is 8.78 Å². The van der Waals surface area contributed by atoms with Crippen molar-refractivity contribution in [1.82, 2.24) is 9.88 Å². The number of nitrogens with zero attached hydrogens (tertiary/aromatic N) is 2. The lowest BCUT2D eigenvalue weighted by molar-refractivity contribution is 0.0177. The van der Waals surface area contributed by atoms with Crippen LogP contribution in [0.25, 0.3) is 10.2 Å². The van der Waals surface area contributed by atoms with E-state index in [0.717, 1.165) is 22.3 Å². The number of halogens is 2. The quantitative estimate of drug-likeness (QED) is 0.729. The number of hydrogen-bond acceptors (Lipinski definition) is 4. The highest BCUT2D eigenvalue weighted by Gasteiger charge is 2.33. The molecule has 0 bridgehead atoms. The Labute approximate surface area is 140 Å². The first-order valence-corrected chi connectivity index (χ1v) is 8.18. The summed E-state index contributed by atoms with van der Waals surface area (Å²) in [6, 6.07) is 10.9. The number of carbonyl (C=O) groups excluding carboxylic acids is 1. The third kappa shape index (κ3) is 2.71. The molecule has 24 heavy (non-hydrogen) atoms. The van der Waals surface area contributed by atoms with Crippen LogP contribution in [-0.4, -0.2) is 35.0 Å². The monoisotopic (exact) mass is 346 g/mol. The van der Waals surface area contributed by atoms with E-state index >= 15 is 0 Å². The van der Waals surface area contributed by atoms with Crippen LogP contribution < -0.4 is 4.74 Å². The van der Waals surface area contributed by atoms with Crippen molar-refractivity contribution >= 4 is 27.5 Å². The SMILES string of the molecule is O=C(c1ccc(F)c(F)c1)N1CC(Oc2nc3ccccc3s2)C1. The molecule has 1 amide bonds. The predicted molar refractivity (Wildman–Crippen MR) is 86.3 cm³/mol. The van der Waals surface area contributed by atoms with Gasteiger partial charge in [-0.15, -0.1) is 0 Å². The Balaban J connectivity index is 1.39. The van der Waals surface area contributed by atoms with Gasteiger partial charge in [0, 0.05) is 5.56 Å². The van der Waals surface area contributed by atoms with Crippen molar-refractivity contribution in [1.29, 1.82) is 0 Å².